The Kier molecular flexibility index (Phi) is 6.41. The molecule has 132 valence electrons. The predicted molar refractivity (Wildman–Crippen MR) is 86.5 cm³/mol. The quantitative estimate of drug-likeness (QED) is 0.608. The fourth-order valence-corrected chi connectivity index (χ4v) is 3.02. The normalized spacial score (nSPS) is 20.0. The molecule has 2 rings (SSSR count). The lowest BCUT2D eigenvalue weighted by Gasteiger charge is -2.19. The average molecular weight is 355 g/mol. The number of carbonyl (C=O) groups is 1. The maximum Gasteiger partial charge on any atom is 0.147 e. The van der Waals surface area contributed by atoms with Gasteiger partial charge in [0.05, 0.1) is 32.0 Å². The number of aromatic hydroxyl groups is 1. The first-order valence-electron chi connectivity index (χ1n) is 7.29. The van der Waals surface area contributed by atoms with Crippen molar-refractivity contribution in [3.8, 4) is 11.5 Å². The smallest absolute Gasteiger partial charge is 0.147 e. The van der Waals surface area contributed by atoms with E-state index in [0.717, 1.165) is 0 Å². The zero-order valence-electron chi connectivity index (χ0n) is 13.5. The standard InChI is InChI=1S/C15H20N2O6S/c1-15(14(19)20)9-24-13(17-15)12-11(18)7-10(8-16-12)23-6-5-22-4-3-21-2/h7-8,18H,3-6,9H2,1-2H3,(H,19,20)/p-1/t15-/m1/s1. The van der Waals surface area contributed by atoms with Crippen LogP contribution in [0.15, 0.2) is 17.3 Å². The second-order valence-electron chi connectivity index (χ2n) is 5.26. The predicted octanol–water partition coefficient (Wildman–Crippen LogP) is -0.169. The summed E-state index contributed by atoms with van der Waals surface area (Å²) in [5.41, 5.74) is -1.07. The summed E-state index contributed by atoms with van der Waals surface area (Å²) in [7, 11) is 1.60. The van der Waals surface area contributed by atoms with Gasteiger partial charge in [-0.3, -0.25) is 4.99 Å². The van der Waals surface area contributed by atoms with E-state index in [2.05, 4.69) is 9.98 Å². The zero-order chi connectivity index (χ0) is 17.6. The van der Waals surface area contributed by atoms with Crippen molar-refractivity contribution in [3.63, 3.8) is 0 Å². The van der Waals surface area contributed by atoms with Crippen LogP contribution in [0.25, 0.3) is 0 Å². The van der Waals surface area contributed by atoms with Crippen LogP contribution < -0.4 is 9.84 Å². The first-order valence-corrected chi connectivity index (χ1v) is 8.28. The lowest BCUT2D eigenvalue weighted by atomic mass is 10.1. The Bertz CT molecular complexity index is 624. The van der Waals surface area contributed by atoms with Gasteiger partial charge in [-0.25, -0.2) is 4.98 Å². The van der Waals surface area contributed by atoms with E-state index in [-0.39, 0.29) is 17.2 Å². The van der Waals surface area contributed by atoms with Gasteiger partial charge in [-0.2, -0.15) is 0 Å². The van der Waals surface area contributed by atoms with Crippen molar-refractivity contribution in [2.75, 3.05) is 39.3 Å². The van der Waals surface area contributed by atoms with Crippen molar-refractivity contribution >= 4 is 22.8 Å². The number of pyridine rings is 1. The fourth-order valence-electron chi connectivity index (χ4n) is 1.86. The SMILES string of the molecule is COCCOCCOc1cnc(C2=N[C@@](C)(C(=O)[O-])CS2)c(O)c1. The Morgan fingerprint density at radius 3 is 2.79 bits per heavy atom. The number of carboxylic acids is 1. The van der Waals surface area contributed by atoms with Crippen LogP contribution in [0, 0.1) is 0 Å². The van der Waals surface area contributed by atoms with E-state index in [1.807, 2.05) is 0 Å². The number of aliphatic imine (C=N–C) groups is 1. The Labute approximate surface area is 143 Å². The Hall–Kier alpha value is -1.84. The number of aromatic nitrogens is 1. The number of ether oxygens (including phenoxy) is 3. The van der Waals surface area contributed by atoms with Crippen molar-refractivity contribution in [1.29, 1.82) is 0 Å². The van der Waals surface area contributed by atoms with Crippen LogP contribution in [0.2, 0.25) is 0 Å². The molecule has 0 amide bonds. The maximum absolute atomic E-state index is 11.1. The molecule has 1 aliphatic heterocycles. The van der Waals surface area contributed by atoms with Crippen LogP contribution in [-0.4, -0.2) is 65.9 Å². The molecule has 0 radical (unpaired) electrons. The van der Waals surface area contributed by atoms with Crippen molar-refractivity contribution in [1.82, 2.24) is 4.98 Å². The van der Waals surface area contributed by atoms with E-state index in [0.29, 0.717) is 37.2 Å². The highest BCUT2D eigenvalue weighted by atomic mass is 32.2. The Balaban J connectivity index is 1.94. The van der Waals surface area contributed by atoms with Crippen molar-refractivity contribution in [2.24, 2.45) is 4.99 Å². The van der Waals surface area contributed by atoms with E-state index in [1.54, 1.807) is 7.11 Å². The number of nitrogens with zero attached hydrogens (tertiary/aromatic N) is 2. The molecule has 2 heterocycles. The molecule has 0 bridgehead atoms. The van der Waals surface area contributed by atoms with Crippen molar-refractivity contribution in [3.05, 3.63) is 18.0 Å². The lowest BCUT2D eigenvalue weighted by molar-refractivity contribution is -0.311. The lowest BCUT2D eigenvalue weighted by Crippen LogP contribution is -2.45. The third kappa shape index (κ3) is 4.59. The summed E-state index contributed by atoms with van der Waals surface area (Å²) in [6.07, 6.45) is 1.45. The van der Waals surface area contributed by atoms with Crippen LogP contribution in [-0.2, 0) is 14.3 Å². The zero-order valence-corrected chi connectivity index (χ0v) is 14.3. The molecule has 1 atom stereocenters. The highest BCUT2D eigenvalue weighted by molar-refractivity contribution is 8.14. The summed E-state index contributed by atoms with van der Waals surface area (Å²) in [5, 5.41) is 21.6. The molecule has 1 aromatic heterocycles. The van der Waals surface area contributed by atoms with Gasteiger partial charge in [0.1, 0.15) is 34.4 Å². The minimum absolute atomic E-state index is 0.123. The minimum atomic E-state index is -1.30. The van der Waals surface area contributed by atoms with E-state index >= 15 is 0 Å². The maximum atomic E-state index is 11.1. The molecule has 0 aromatic carbocycles. The largest absolute Gasteiger partial charge is 0.547 e. The summed E-state index contributed by atoms with van der Waals surface area (Å²) in [4.78, 5) is 19.3. The number of carboxylic acid groups (broad SMARTS) is 1. The Morgan fingerprint density at radius 1 is 1.42 bits per heavy atom. The molecule has 8 nitrogen and oxygen atoms in total. The van der Waals surface area contributed by atoms with Crippen LogP contribution in [0.5, 0.6) is 11.5 Å². The molecular weight excluding hydrogens is 336 g/mol. The second-order valence-corrected chi connectivity index (χ2v) is 6.22. The molecule has 1 aromatic rings. The number of aliphatic carboxylic acids is 1. The Morgan fingerprint density at radius 2 is 2.17 bits per heavy atom. The van der Waals surface area contributed by atoms with Gasteiger partial charge in [0.2, 0.25) is 0 Å². The fraction of sp³-hybridized carbons (Fsp3) is 0.533. The molecule has 0 aliphatic carbocycles. The van der Waals surface area contributed by atoms with E-state index in [4.69, 9.17) is 14.2 Å². The third-order valence-corrected chi connectivity index (χ3v) is 4.52. The van der Waals surface area contributed by atoms with E-state index < -0.39 is 11.5 Å². The van der Waals surface area contributed by atoms with Crippen molar-refractivity contribution in [2.45, 2.75) is 12.5 Å². The van der Waals surface area contributed by atoms with Gasteiger partial charge in [0.25, 0.3) is 0 Å². The van der Waals surface area contributed by atoms with Crippen molar-refractivity contribution < 1.29 is 29.2 Å². The van der Waals surface area contributed by atoms with Crippen LogP contribution >= 0.6 is 11.8 Å². The minimum Gasteiger partial charge on any atom is -0.547 e. The van der Waals surface area contributed by atoms with Gasteiger partial charge in [-0.15, -0.1) is 11.8 Å². The first kappa shape index (κ1) is 18.5. The van der Waals surface area contributed by atoms with Gasteiger partial charge < -0.3 is 29.2 Å². The second kappa shape index (κ2) is 8.32. The monoisotopic (exact) mass is 355 g/mol. The number of hydrogen-bond acceptors (Lipinski definition) is 9. The van der Waals surface area contributed by atoms with Crippen LogP contribution in [0.1, 0.15) is 12.6 Å². The third-order valence-electron chi connectivity index (χ3n) is 3.25. The van der Waals surface area contributed by atoms with Crippen LogP contribution in [0.3, 0.4) is 0 Å². The summed E-state index contributed by atoms with van der Waals surface area (Å²) in [5.74, 6) is -0.750. The molecule has 0 fully saturated rings. The van der Waals surface area contributed by atoms with E-state index in [9.17, 15) is 15.0 Å². The molecule has 24 heavy (non-hydrogen) atoms. The van der Waals surface area contributed by atoms with Gasteiger partial charge in [0.15, 0.2) is 0 Å². The molecule has 0 saturated heterocycles. The van der Waals surface area contributed by atoms with E-state index in [1.165, 1.54) is 30.9 Å². The summed E-state index contributed by atoms with van der Waals surface area (Å²) in [6, 6.07) is 1.41. The van der Waals surface area contributed by atoms with Gasteiger partial charge >= 0.3 is 0 Å². The molecule has 0 spiro atoms. The summed E-state index contributed by atoms with van der Waals surface area (Å²) in [6.45, 7) is 3.17. The molecule has 0 unspecified atom stereocenters. The van der Waals surface area contributed by atoms with Gasteiger partial charge in [0, 0.05) is 18.9 Å². The number of carbonyl (C=O) groups excluding carboxylic acids is 1. The average Bonchev–Trinajstić information content (AvgIpc) is 2.94. The molecular formula is C15H19N2O6S-. The molecule has 1 aliphatic rings. The van der Waals surface area contributed by atoms with Crippen LogP contribution in [0.4, 0.5) is 0 Å². The number of methoxy groups -OCH3 is 1. The highest BCUT2D eigenvalue weighted by Gasteiger charge is 2.34. The number of thioether (sulfide) groups is 1. The van der Waals surface area contributed by atoms with Gasteiger partial charge in [-0.05, 0) is 6.92 Å². The molecule has 9 heteroatoms. The topological polar surface area (TPSA) is 113 Å². The molecule has 0 saturated carbocycles. The first-order chi connectivity index (χ1) is 11.5. The highest BCUT2D eigenvalue weighted by Crippen LogP contribution is 2.33. The number of hydrogen-bond donors (Lipinski definition) is 1. The number of rotatable bonds is 9. The van der Waals surface area contributed by atoms with Gasteiger partial charge in [-0.1, -0.05) is 0 Å². The summed E-state index contributed by atoms with van der Waals surface area (Å²) < 4.78 is 15.5. The summed E-state index contributed by atoms with van der Waals surface area (Å²) >= 11 is 1.21. The molecule has 1 N–H and O–H groups in total.